The fourth-order valence-corrected chi connectivity index (χ4v) is 1.48. The van der Waals surface area contributed by atoms with Gasteiger partial charge in [-0.2, -0.15) is 0 Å². The van der Waals surface area contributed by atoms with E-state index in [9.17, 15) is 4.79 Å². The lowest BCUT2D eigenvalue weighted by molar-refractivity contribution is -0.128. The number of amides is 1. The van der Waals surface area contributed by atoms with Gasteiger partial charge in [-0.15, -0.1) is 12.4 Å². The van der Waals surface area contributed by atoms with Crippen molar-refractivity contribution in [3.8, 4) is 0 Å². The standard InChI is InChI=1S/C13H21N3O.ClH/c1-15(2)11-7-10-13(17)16(3)14-12-8-5-4-6-9-12;/h4-6,8-9,14H,7,10-11H2,1-3H3;1H. The monoisotopic (exact) mass is 271 g/mol. The number of rotatable bonds is 6. The Morgan fingerprint density at radius 1 is 1.17 bits per heavy atom. The fraction of sp³-hybridized carbons (Fsp3) is 0.462. The lowest BCUT2D eigenvalue weighted by Gasteiger charge is -2.20. The Morgan fingerprint density at radius 2 is 1.78 bits per heavy atom. The van der Waals surface area contributed by atoms with E-state index in [1.807, 2.05) is 44.4 Å². The van der Waals surface area contributed by atoms with E-state index < -0.39 is 0 Å². The zero-order valence-corrected chi connectivity index (χ0v) is 12.0. The average Bonchev–Trinajstić information content (AvgIpc) is 2.29. The Labute approximate surface area is 115 Å². The van der Waals surface area contributed by atoms with Crippen LogP contribution in [0.4, 0.5) is 5.69 Å². The number of nitrogens with zero attached hydrogens (tertiary/aromatic N) is 2. The highest BCUT2D eigenvalue weighted by Gasteiger charge is 2.07. The van der Waals surface area contributed by atoms with Crippen molar-refractivity contribution in [2.75, 3.05) is 33.1 Å². The summed E-state index contributed by atoms with van der Waals surface area (Å²) in [6, 6.07) is 9.69. The maximum absolute atomic E-state index is 11.8. The van der Waals surface area contributed by atoms with Gasteiger partial charge < -0.3 is 4.90 Å². The van der Waals surface area contributed by atoms with Crippen LogP contribution < -0.4 is 5.43 Å². The van der Waals surface area contributed by atoms with Crippen LogP contribution in [0.25, 0.3) is 0 Å². The molecule has 5 heteroatoms. The van der Waals surface area contributed by atoms with Crippen LogP contribution in [0.5, 0.6) is 0 Å². The third-order valence-electron chi connectivity index (χ3n) is 2.44. The number of hydrogen-bond donors (Lipinski definition) is 1. The average molecular weight is 272 g/mol. The number of hydrazine groups is 1. The lowest BCUT2D eigenvalue weighted by atomic mass is 10.3. The predicted octanol–water partition coefficient (Wildman–Crippen LogP) is 2.24. The molecule has 0 spiro atoms. The summed E-state index contributed by atoms with van der Waals surface area (Å²) in [5, 5.41) is 1.55. The van der Waals surface area contributed by atoms with Crippen molar-refractivity contribution in [2.24, 2.45) is 0 Å². The SMILES string of the molecule is CN(C)CCCC(=O)N(C)Nc1ccccc1.Cl. The number of nitrogens with one attached hydrogen (secondary N) is 1. The van der Waals surface area contributed by atoms with Gasteiger partial charge in [-0.3, -0.25) is 15.2 Å². The Balaban J connectivity index is 0.00000289. The predicted molar refractivity (Wildman–Crippen MR) is 77.9 cm³/mol. The first-order valence-corrected chi connectivity index (χ1v) is 5.82. The van der Waals surface area contributed by atoms with Crippen molar-refractivity contribution >= 4 is 24.0 Å². The molecule has 0 aliphatic rings. The maximum atomic E-state index is 11.8. The van der Waals surface area contributed by atoms with E-state index in [0.717, 1.165) is 18.7 Å². The summed E-state index contributed by atoms with van der Waals surface area (Å²) in [4.78, 5) is 13.9. The van der Waals surface area contributed by atoms with Gasteiger partial charge in [0.05, 0.1) is 5.69 Å². The second-order valence-corrected chi connectivity index (χ2v) is 4.34. The lowest BCUT2D eigenvalue weighted by Crippen LogP contribution is -2.32. The first kappa shape index (κ1) is 16.7. The Kier molecular flexibility index (Phi) is 8.16. The van der Waals surface area contributed by atoms with Crippen molar-refractivity contribution < 1.29 is 4.79 Å². The molecule has 1 aromatic rings. The molecule has 1 amide bonds. The van der Waals surface area contributed by atoms with Crippen LogP contribution in [0.2, 0.25) is 0 Å². The third kappa shape index (κ3) is 6.47. The number of carbonyl (C=O) groups is 1. The third-order valence-corrected chi connectivity index (χ3v) is 2.44. The van der Waals surface area contributed by atoms with E-state index in [-0.39, 0.29) is 18.3 Å². The molecule has 1 aromatic carbocycles. The van der Waals surface area contributed by atoms with Gasteiger partial charge in [-0.25, -0.2) is 0 Å². The molecule has 0 atom stereocenters. The number of carbonyl (C=O) groups excluding carboxylic acids is 1. The van der Waals surface area contributed by atoms with Gasteiger partial charge >= 0.3 is 0 Å². The highest BCUT2D eigenvalue weighted by molar-refractivity contribution is 5.85. The minimum atomic E-state index is 0. The Bertz CT molecular complexity index is 343. The van der Waals surface area contributed by atoms with Crippen LogP contribution in [0.1, 0.15) is 12.8 Å². The molecule has 0 aliphatic carbocycles. The first-order valence-electron chi connectivity index (χ1n) is 5.82. The summed E-state index contributed by atoms with van der Waals surface area (Å²) in [5.74, 6) is 0.107. The van der Waals surface area contributed by atoms with Crippen molar-refractivity contribution in [1.29, 1.82) is 0 Å². The fourth-order valence-electron chi connectivity index (χ4n) is 1.48. The summed E-state index contributed by atoms with van der Waals surface area (Å²) in [7, 11) is 5.78. The molecule has 0 saturated heterocycles. The minimum absolute atomic E-state index is 0. The molecule has 0 heterocycles. The maximum Gasteiger partial charge on any atom is 0.240 e. The zero-order chi connectivity index (χ0) is 12.7. The van der Waals surface area contributed by atoms with Crippen molar-refractivity contribution in [3.05, 3.63) is 30.3 Å². The van der Waals surface area contributed by atoms with Gasteiger partial charge in [0, 0.05) is 13.5 Å². The van der Waals surface area contributed by atoms with Crippen LogP contribution in [0.3, 0.4) is 0 Å². The van der Waals surface area contributed by atoms with Gasteiger partial charge in [0.15, 0.2) is 0 Å². The van der Waals surface area contributed by atoms with E-state index >= 15 is 0 Å². The highest BCUT2D eigenvalue weighted by atomic mass is 35.5. The van der Waals surface area contributed by atoms with Gasteiger partial charge in [0.25, 0.3) is 0 Å². The smallest absolute Gasteiger partial charge is 0.240 e. The number of benzene rings is 1. The van der Waals surface area contributed by atoms with E-state index in [1.165, 1.54) is 0 Å². The second kappa shape index (κ2) is 8.78. The topological polar surface area (TPSA) is 35.6 Å². The molecular formula is C13H22ClN3O. The molecule has 1 rings (SSSR count). The van der Waals surface area contributed by atoms with Crippen LogP contribution in [-0.4, -0.2) is 43.5 Å². The van der Waals surface area contributed by atoms with Crippen LogP contribution >= 0.6 is 12.4 Å². The number of halogens is 1. The quantitative estimate of drug-likeness (QED) is 0.806. The summed E-state index contributed by atoms with van der Waals surface area (Å²) in [5.41, 5.74) is 3.98. The summed E-state index contributed by atoms with van der Waals surface area (Å²) in [6.07, 6.45) is 1.45. The summed E-state index contributed by atoms with van der Waals surface area (Å²) < 4.78 is 0. The Hall–Kier alpha value is -1.26. The largest absolute Gasteiger partial charge is 0.309 e. The second-order valence-electron chi connectivity index (χ2n) is 4.34. The zero-order valence-electron chi connectivity index (χ0n) is 11.2. The first-order chi connectivity index (χ1) is 8.09. The van der Waals surface area contributed by atoms with Crippen LogP contribution in [-0.2, 0) is 4.79 Å². The molecular weight excluding hydrogens is 250 g/mol. The number of anilines is 1. The molecule has 0 unspecified atom stereocenters. The van der Waals surface area contributed by atoms with Crippen molar-refractivity contribution in [3.63, 3.8) is 0 Å². The molecule has 0 radical (unpaired) electrons. The molecule has 4 nitrogen and oxygen atoms in total. The molecule has 0 aliphatic heterocycles. The van der Waals surface area contributed by atoms with E-state index in [1.54, 1.807) is 12.1 Å². The summed E-state index contributed by atoms with van der Waals surface area (Å²) >= 11 is 0. The van der Waals surface area contributed by atoms with Gasteiger partial charge in [0.1, 0.15) is 0 Å². The molecule has 18 heavy (non-hydrogen) atoms. The van der Waals surface area contributed by atoms with E-state index in [4.69, 9.17) is 0 Å². The normalized spacial score (nSPS) is 9.78. The molecule has 0 saturated carbocycles. The van der Waals surface area contributed by atoms with Gasteiger partial charge in [-0.1, -0.05) is 18.2 Å². The van der Waals surface area contributed by atoms with Crippen molar-refractivity contribution in [2.45, 2.75) is 12.8 Å². The molecule has 1 N–H and O–H groups in total. The summed E-state index contributed by atoms with van der Waals surface area (Å²) in [6.45, 7) is 0.935. The number of para-hydroxylation sites is 1. The van der Waals surface area contributed by atoms with Crippen molar-refractivity contribution in [1.82, 2.24) is 9.91 Å². The number of hydrogen-bond acceptors (Lipinski definition) is 3. The molecule has 0 bridgehead atoms. The van der Waals surface area contributed by atoms with Gasteiger partial charge in [0.2, 0.25) is 5.91 Å². The van der Waals surface area contributed by atoms with E-state index in [0.29, 0.717) is 6.42 Å². The molecule has 0 fully saturated rings. The molecule has 102 valence electrons. The minimum Gasteiger partial charge on any atom is -0.309 e. The van der Waals surface area contributed by atoms with Gasteiger partial charge in [-0.05, 0) is 39.2 Å². The highest BCUT2D eigenvalue weighted by Crippen LogP contribution is 2.06. The van der Waals surface area contributed by atoms with E-state index in [2.05, 4.69) is 10.3 Å². The molecule has 0 aromatic heterocycles. The Morgan fingerprint density at radius 3 is 2.33 bits per heavy atom. The van der Waals surface area contributed by atoms with Crippen LogP contribution in [0, 0.1) is 0 Å². The van der Waals surface area contributed by atoms with Crippen LogP contribution in [0.15, 0.2) is 30.3 Å².